The Hall–Kier alpha value is -1.55. The third kappa shape index (κ3) is 1.96. The minimum atomic E-state index is 0.610. The molecule has 0 fully saturated rings. The molecule has 1 aromatic rings. The lowest BCUT2D eigenvalue weighted by molar-refractivity contribution is -0.103. The molecule has 0 unspecified atom stereocenters. The van der Waals surface area contributed by atoms with Crippen LogP contribution in [0.15, 0.2) is 18.2 Å². The van der Waals surface area contributed by atoms with Crippen molar-refractivity contribution < 1.29 is 4.79 Å². The Bertz CT molecular complexity index is 353. The highest BCUT2D eigenvalue weighted by Crippen LogP contribution is 2.08. The molecule has 0 aliphatic rings. The van der Waals surface area contributed by atoms with Crippen molar-refractivity contribution in [2.45, 2.75) is 13.8 Å². The number of rotatable bonds is 0. The molecule has 1 rings (SSSR count). The normalized spacial score (nSPS) is 8.50. The van der Waals surface area contributed by atoms with Gasteiger partial charge in [-0.2, -0.15) is 0 Å². The van der Waals surface area contributed by atoms with Crippen LogP contribution in [-0.2, 0) is 4.79 Å². The second-order valence-corrected chi connectivity index (χ2v) is 2.71. The van der Waals surface area contributed by atoms with E-state index in [1.807, 2.05) is 26.0 Å². The number of hydrogen-bond acceptors (Lipinski definition) is 1. The molecule has 0 bridgehead atoms. The Labute approximate surface area is 72.4 Å². The fourth-order valence-corrected chi connectivity index (χ4v) is 1.06. The Morgan fingerprint density at radius 3 is 2.67 bits per heavy atom. The maximum Gasteiger partial charge on any atom is 0.193 e. The van der Waals surface area contributed by atoms with Gasteiger partial charge in [0.15, 0.2) is 6.29 Å². The summed E-state index contributed by atoms with van der Waals surface area (Å²) in [6, 6.07) is 5.97. The SMILES string of the molecule is Cc1ccc(C#CC=O)c(C)c1. The minimum absolute atomic E-state index is 0.610. The first kappa shape index (κ1) is 8.55. The molecular formula is C11H10O. The number of carbonyl (C=O) groups is 1. The van der Waals surface area contributed by atoms with Crippen LogP contribution >= 0.6 is 0 Å². The van der Waals surface area contributed by atoms with Crippen LogP contribution < -0.4 is 0 Å². The van der Waals surface area contributed by atoms with Gasteiger partial charge in [-0.1, -0.05) is 23.6 Å². The van der Waals surface area contributed by atoms with Gasteiger partial charge in [-0.25, -0.2) is 0 Å². The molecule has 0 N–H and O–H groups in total. The standard InChI is InChI=1S/C11H10O/c1-9-5-6-11(4-3-7-12)10(2)8-9/h5-8H,1-2H3. The van der Waals surface area contributed by atoms with Crippen LogP contribution in [0.5, 0.6) is 0 Å². The second-order valence-electron chi connectivity index (χ2n) is 2.71. The summed E-state index contributed by atoms with van der Waals surface area (Å²) in [6.07, 6.45) is 0.610. The molecule has 1 heteroatoms. The zero-order valence-corrected chi connectivity index (χ0v) is 7.22. The third-order valence-corrected chi connectivity index (χ3v) is 1.65. The van der Waals surface area contributed by atoms with E-state index in [1.165, 1.54) is 5.56 Å². The van der Waals surface area contributed by atoms with Crippen molar-refractivity contribution in [3.05, 3.63) is 34.9 Å². The van der Waals surface area contributed by atoms with Gasteiger partial charge in [-0.05, 0) is 31.4 Å². The molecule has 1 nitrogen and oxygen atoms in total. The molecule has 0 radical (unpaired) electrons. The number of aryl methyl sites for hydroxylation is 2. The van der Waals surface area contributed by atoms with Crippen LogP contribution in [0.4, 0.5) is 0 Å². The molecule has 0 saturated carbocycles. The summed E-state index contributed by atoms with van der Waals surface area (Å²) in [5.41, 5.74) is 3.25. The largest absolute Gasteiger partial charge is 0.289 e. The van der Waals surface area contributed by atoms with Gasteiger partial charge in [-0.3, -0.25) is 4.79 Å². The molecule has 0 amide bonds. The molecule has 0 atom stereocenters. The van der Waals surface area contributed by atoms with Crippen molar-refractivity contribution in [2.75, 3.05) is 0 Å². The molecular weight excluding hydrogens is 148 g/mol. The number of aldehydes is 1. The summed E-state index contributed by atoms with van der Waals surface area (Å²) in [5.74, 6) is 5.17. The molecule has 12 heavy (non-hydrogen) atoms. The van der Waals surface area contributed by atoms with Crippen molar-refractivity contribution in [1.29, 1.82) is 0 Å². The molecule has 1 aromatic carbocycles. The monoisotopic (exact) mass is 158 g/mol. The maximum absolute atomic E-state index is 9.98. The number of benzene rings is 1. The lowest BCUT2D eigenvalue weighted by Gasteiger charge is -1.98. The molecule has 60 valence electrons. The van der Waals surface area contributed by atoms with E-state index in [0.717, 1.165) is 11.1 Å². The molecule has 0 aliphatic carbocycles. The first-order valence-electron chi connectivity index (χ1n) is 3.76. The fourth-order valence-electron chi connectivity index (χ4n) is 1.06. The van der Waals surface area contributed by atoms with Gasteiger partial charge in [-0.15, -0.1) is 0 Å². The van der Waals surface area contributed by atoms with Crippen LogP contribution in [0, 0.1) is 25.7 Å². The van der Waals surface area contributed by atoms with Gasteiger partial charge in [0.2, 0.25) is 0 Å². The van der Waals surface area contributed by atoms with Crippen molar-refractivity contribution in [1.82, 2.24) is 0 Å². The Balaban J connectivity index is 3.09. The lowest BCUT2D eigenvalue weighted by Crippen LogP contribution is -1.83. The summed E-state index contributed by atoms with van der Waals surface area (Å²) in [6.45, 7) is 4.02. The highest BCUT2D eigenvalue weighted by Gasteiger charge is 1.92. The zero-order chi connectivity index (χ0) is 8.97. The average Bonchev–Trinajstić information content (AvgIpc) is 2.03. The van der Waals surface area contributed by atoms with E-state index in [1.54, 1.807) is 0 Å². The van der Waals surface area contributed by atoms with Gasteiger partial charge in [0.05, 0.1) is 0 Å². The zero-order valence-electron chi connectivity index (χ0n) is 7.22. The topological polar surface area (TPSA) is 17.1 Å². The molecule has 0 heterocycles. The number of hydrogen-bond donors (Lipinski definition) is 0. The smallest absolute Gasteiger partial charge is 0.193 e. The Morgan fingerprint density at radius 2 is 2.08 bits per heavy atom. The summed E-state index contributed by atoms with van der Waals surface area (Å²) in [7, 11) is 0. The van der Waals surface area contributed by atoms with Crippen LogP contribution in [0.1, 0.15) is 16.7 Å². The van der Waals surface area contributed by atoms with Crippen LogP contribution in [0.2, 0.25) is 0 Å². The summed E-state index contributed by atoms with van der Waals surface area (Å²) in [5, 5.41) is 0. The van der Waals surface area contributed by atoms with E-state index < -0.39 is 0 Å². The van der Waals surface area contributed by atoms with E-state index in [4.69, 9.17) is 0 Å². The first-order valence-corrected chi connectivity index (χ1v) is 3.76. The number of carbonyl (C=O) groups excluding carboxylic acids is 1. The van der Waals surface area contributed by atoms with Crippen LogP contribution in [-0.4, -0.2) is 6.29 Å². The lowest BCUT2D eigenvalue weighted by atomic mass is 10.1. The summed E-state index contributed by atoms with van der Waals surface area (Å²) < 4.78 is 0. The van der Waals surface area contributed by atoms with E-state index in [2.05, 4.69) is 17.9 Å². The molecule has 0 saturated heterocycles. The van der Waals surface area contributed by atoms with E-state index in [-0.39, 0.29) is 0 Å². The highest BCUT2D eigenvalue weighted by atomic mass is 16.1. The van der Waals surface area contributed by atoms with E-state index >= 15 is 0 Å². The van der Waals surface area contributed by atoms with Crippen LogP contribution in [0.3, 0.4) is 0 Å². The van der Waals surface area contributed by atoms with Gasteiger partial charge < -0.3 is 0 Å². The van der Waals surface area contributed by atoms with E-state index in [0.29, 0.717) is 6.29 Å². The highest BCUT2D eigenvalue weighted by molar-refractivity contribution is 5.74. The Kier molecular flexibility index (Phi) is 2.66. The van der Waals surface area contributed by atoms with Gasteiger partial charge in [0.25, 0.3) is 0 Å². The van der Waals surface area contributed by atoms with Crippen molar-refractivity contribution >= 4 is 6.29 Å². The second kappa shape index (κ2) is 3.73. The van der Waals surface area contributed by atoms with Gasteiger partial charge in [0, 0.05) is 5.56 Å². The molecule has 0 aliphatic heterocycles. The van der Waals surface area contributed by atoms with Crippen LogP contribution in [0.25, 0.3) is 0 Å². The predicted molar refractivity (Wildman–Crippen MR) is 48.9 cm³/mol. The van der Waals surface area contributed by atoms with E-state index in [9.17, 15) is 4.79 Å². The van der Waals surface area contributed by atoms with Crippen molar-refractivity contribution in [3.63, 3.8) is 0 Å². The predicted octanol–water partition coefficient (Wildman–Crippen LogP) is 1.85. The van der Waals surface area contributed by atoms with Crippen molar-refractivity contribution in [2.24, 2.45) is 0 Å². The fraction of sp³-hybridized carbons (Fsp3) is 0.182. The van der Waals surface area contributed by atoms with Gasteiger partial charge >= 0.3 is 0 Å². The Morgan fingerprint density at radius 1 is 1.33 bits per heavy atom. The quantitative estimate of drug-likeness (QED) is 0.416. The summed E-state index contributed by atoms with van der Waals surface area (Å²) in [4.78, 5) is 9.98. The molecule has 0 spiro atoms. The third-order valence-electron chi connectivity index (χ3n) is 1.65. The van der Waals surface area contributed by atoms with Gasteiger partial charge in [0.1, 0.15) is 0 Å². The molecule has 0 aromatic heterocycles. The first-order chi connectivity index (χ1) is 5.74. The average molecular weight is 158 g/mol. The maximum atomic E-state index is 9.98. The summed E-state index contributed by atoms with van der Waals surface area (Å²) >= 11 is 0. The minimum Gasteiger partial charge on any atom is -0.289 e. The van der Waals surface area contributed by atoms with Crippen molar-refractivity contribution in [3.8, 4) is 11.8 Å².